The summed E-state index contributed by atoms with van der Waals surface area (Å²) in [6.45, 7) is 3.45. The van der Waals surface area contributed by atoms with Crippen molar-refractivity contribution in [1.29, 1.82) is 0 Å². The molecule has 2 amide bonds. The lowest BCUT2D eigenvalue weighted by Crippen LogP contribution is -2.49. The van der Waals surface area contributed by atoms with E-state index < -0.39 is 6.09 Å². The summed E-state index contributed by atoms with van der Waals surface area (Å²) in [6, 6.07) is 7.85. The molecule has 2 heterocycles. The first kappa shape index (κ1) is 16.9. The predicted molar refractivity (Wildman–Crippen MR) is 93.2 cm³/mol. The Morgan fingerprint density at radius 2 is 2.04 bits per heavy atom. The van der Waals surface area contributed by atoms with E-state index in [0.29, 0.717) is 5.92 Å². The third-order valence-corrected chi connectivity index (χ3v) is 5.73. The number of likely N-dealkylation sites (tertiary alicyclic amines) is 1. The number of carbonyl (C=O) groups excluding carboxylic acids is 2. The number of ether oxygens (including phenoxy) is 1. The molecule has 1 aromatic heterocycles. The van der Waals surface area contributed by atoms with Crippen molar-refractivity contribution in [3.63, 3.8) is 0 Å². The Kier molecular flexibility index (Phi) is 5.11. The van der Waals surface area contributed by atoms with Crippen LogP contribution in [0.2, 0.25) is 0 Å². The number of carbonyl (C=O) groups is 2. The molecule has 0 bridgehead atoms. The maximum absolute atomic E-state index is 12.0. The van der Waals surface area contributed by atoms with Gasteiger partial charge < -0.3 is 4.74 Å². The predicted octanol–water partition coefficient (Wildman–Crippen LogP) is 2.75. The van der Waals surface area contributed by atoms with Gasteiger partial charge in [0.15, 0.2) is 0 Å². The van der Waals surface area contributed by atoms with Gasteiger partial charge in [0.1, 0.15) is 0 Å². The molecule has 7 heteroatoms. The second-order valence-electron chi connectivity index (χ2n) is 5.99. The monoisotopic (exact) mass is 347 g/mol. The number of nitrogens with one attached hydrogen (secondary N) is 1. The van der Waals surface area contributed by atoms with Gasteiger partial charge in [-0.2, -0.15) is 0 Å². The quantitative estimate of drug-likeness (QED) is 0.924. The van der Waals surface area contributed by atoms with Crippen LogP contribution >= 0.6 is 11.3 Å². The number of amides is 2. The van der Waals surface area contributed by atoms with Crippen molar-refractivity contribution in [1.82, 2.24) is 15.2 Å². The van der Waals surface area contributed by atoms with Crippen LogP contribution in [0.15, 0.2) is 24.3 Å². The third kappa shape index (κ3) is 3.57. The van der Waals surface area contributed by atoms with E-state index in [4.69, 9.17) is 4.98 Å². The molecule has 24 heavy (non-hydrogen) atoms. The Morgan fingerprint density at radius 1 is 1.33 bits per heavy atom. The highest BCUT2D eigenvalue weighted by atomic mass is 32.1. The fourth-order valence-electron chi connectivity index (χ4n) is 3.02. The summed E-state index contributed by atoms with van der Waals surface area (Å²) in [5.41, 5.74) is 1.06. The molecule has 1 fully saturated rings. The lowest BCUT2D eigenvalue weighted by atomic mass is 9.96. The summed E-state index contributed by atoms with van der Waals surface area (Å²) in [4.78, 5) is 30.0. The Balaban J connectivity index is 1.59. The molecule has 1 aliphatic heterocycles. The molecule has 3 rings (SSSR count). The van der Waals surface area contributed by atoms with Crippen LogP contribution in [0.1, 0.15) is 30.7 Å². The number of thiazole rings is 1. The molecular formula is C17H21N3O3S. The van der Waals surface area contributed by atoms with E-state index in [1.807, 2.05) is 25.1 Å². The van der Waals surface area contributed by atoms with E-state index in [-0.39, 0.29) is 11.9 Å². The minimum Gasteiger partial charge on any atom is -0.453 e. The minimum atomic E-state index is -0.712. The number of fused-ring (bicyclic) bond motifs is 1. The lowest BCUT2D eigenvalue weighted by Gasteiger charge is -2.34. The SMILES string of the molecule is COC(=O)NC(=O)[C@@H](C)N1CCC(c2nc3ccccc3s2)CC1. The van der Waals surface area contributed by atoms with Crippen LogP contribution in [0.25, 0.3) is 10.2 Å². The van der Waals surface area contributed by atoms with Crippen molar-refractivity contribution in [3.05, 3.63) is 29.3 Å². The molecular weight excluding hydrogens is 326 g/mol. The fourth-order valence-corrected chi connectivity index (χ4v) is 4.16. The zero-order valence-electron chi connectivity index (χ0n) is 13.8. The summed E-state index contributed by atoms with van der Waals surface area (Å²) in [5.74, 6) is 0.120. The van der Waals surface area contributed by atoms with Gasteiger partial charge >= 0.3 is 6.09 Å². The van der Waals surface area contributed by atoms with Crippen molar-refractivity contribution in [2.75, 3.05) is 20.2 Å². The van der Waals surface area contributed by atoms with E-state index in [1.54, 1.807) is 11.3 Å². The topological polar surface area (TPSA) is 71.5 Å². The maximum atomic E-state index is 12.0. The molecule has 1 aromatic carbocycles. The van der Waals surface area contributed by atoms with Gasteiger partial charge in [0.05, 0.1) is 28.4 Å². The average molecular weight is 347 g/mol. The lowest BCUT2D eigenvalue weighted by molar-refractivity contribution is -0.125. The number of alkyl carbamates (subject to hydrolysis) is 1. The summed E-state index contributed by atoms with van der Waals surface area (Å²) in [5, 5.41) is 3.42. The molecule has 0 unspecified atom stereocenters. The van der Waals surface area contributed by atoms with Crippen LogP contribution in [0.5, 0.6) is 0 Å². The van der Waals surface area contributed by atoms with Crippen LogP contribution < -0.4 is 5.32 Å². The zero-order valence-corrected chi connectivity index (χ0v) is 14.6. The first-order valence-corrected chi connectivity index (χ1v) is 8.88. The number of methoxy groups -OCH3 is 1. The molecule has 6 nitrogen and oxygen atoms in total. The Bertz CT molecular complexity index is 705. The van der Waals surface area contributed by atoms with Gasteiger partial charge in [-0.25, -0.2) is 9.78 Å². The fraction of sp³-hybridized carbons (Fsp3) is 0.471. The van der Waals surface area contributed by atoms with Crippen LogP contribution in [-0.4, -0.2) is 48.1 Å². The zero-order chi connectivity index (χ0) is 17.1. The first-order valence-electron chi connectivity index (χ1n) is 8.07. The van der Waals surface area contributed by atoms with Crippen molar-refractivity contribution < 1.29 is 14.3 Å². The Labute approximate surface area is 144 Å². The molecule has 0 saturated carbocycles. The highest BCUT2D eigenvalue weighted by Gasteiger charge is 2.29. The minimum absolute atomic E-state index is 0.319. The molecule has 1 atom stereocenters. The van der Waals surface area contributed by atoms with Gasteiger partial charge in [-0.15, -0.1) is 11.3 Å². The first-order chi connectivity index (χ1) is 11.6. The number of hydrogen-bond donors (Lipinski definition) is 1. The van der Waals surface area contributed by atoms with E-state index in [9.17, 15) is 9.59 Å². The molecule has 128 valence electrons. The summed E-state index contributed by atoms with van der Waals surface area (Å²) < 4.78 is 5.69. The largest absolute Gasteiger partial charge is 0.453 e. The van der Waals surface area contributed by atoms with Crippen molar-refractivity contribution >= 4 is 33.6 Å². The summed E-state index contributed by atoms with van der Waals surface area (Å²) >= 11 is 1.76. The number of rotatable bonds is 3. The van der Waals surface area contributed by atoms with E-state index in [0.717, 1.165) is 31.4 Å². The number of para-hydroxylation sites is 1. The third-order valence-electron chi connectivity index (χ3n) is 4.53. The van der Waals surface area contributed by atoms with Crippen LogP contribution in [0.3, 0.4) is 0 Å². The molecule has 0 radical (unpaired) electrons. The van der Waals surface area contributed by atoms with Crippen LogP contribution in [-0.2, 0) is 9.53 Å². The van der Waals surface area contributed by atoms with E-state index in [1.165, 1.54) is 16.8 Å². The second kappa shape index (κ2) is 7.27. The number of piperidine rings is 1. The molecule has 0 spiro atoms. The molecule has 2 aromatic rings. The van der Waals surface area contributed by atoms with Crippen LogP contribution in [0, 0.1) is 0 Å². The van der Waals surface area contributed by atoms with E-state index >= 15 is 0 Å². The van der Waals surface area contributed by atoms with Gasteiger partial charge in [0.2, 0.25) is 5.91 Å². The van der Waals surface area contributed by atoms with Crippen LogP contribution in [0.4, 0.5) is 4.79 Å². The summed E-state index contributed by atoms with van der Waals surface area (Å²) in [7, 11) is 1.25. The second-order valence-corrected chi connectivity index (χ2v) is 7.05. The van der Waals surface area contributed by atoms with Gasteiger partial charge in [-0.05, 0) is 45.0 Å². The summed E-state index contributed by atoms with van der Waals surface area (Å²) in [6.07, 6.45) is 1.22. The van der Waals surface area contributed by atoms with E-state index in [2.05, 4.69) is 21.0 Å². The number of imide groups is 1. The molecule has 1 N–H and O–H groups in total. The number of benzene rings is 1. The normalized spacial score (nSPS) is 17.6. The number of aromatic nitrogens is 1. The van der Waals surface area contributed by atoms with Gasteiger partial charge in [0, 0.05) is 5.92 Å². The van der Waals surface area contributed by atoms with Gasteiger partial charge in [0.25, 0.3) is 0 Å². The van der Waals surface area contributed by atoms with Crippen molar-refractivity contribution in [2.24, 2.45) is 0 Å². The van der Waals surface area contributed by atoms with Gasteiger partial charge in [-0.1, -0.05) is 12.1 Å². The maximum Gasteiger partial charge on any atom is 0.413 e. The Hall–Kier alpha value is -1.99. The number of nitrogens with zero attached hydrogens (tertiary/aromatic N) is 2. The average Bonchev–Trinajstić information content (AvgIpc) is 3.05. The highest BCUT2D eigenvalue weighted by Crippen LogP contribution is 2.34. The van der Waals surface area contributed by atoms with Crippen molar-refractivity contribution in [3.8, 4) is 0 Å². The standard InChI is InChI=1S/C17H21N3O3S/c1-11(15(21)19-17(22)23-2)20-9-7-12(8-10-20)16-18-13-5-3-4-6-14(13)24-16/h3-6,11-12H,7-10H2,1-2H3,(H,19,21,22)/t11-/m1/s1. The number of hydrogen-bond acceptors (Lipinski definition) is 6. The molecule has 0 aliphatic carbocycles. The Morgan fingerprint density at radius 3 is 2.71 bits per heavy atom. The smallest absolute Gasteiger partial charge is 0.413 e. The molecule has 1 saturated heterocycles. The van der Waals surface area contributed by atoms with Gasteiger partial charge in [-0.3, -0.25) is 15.0 Å². The van der Waals surface area contributed by atoms with Crippen molar-refractivity contribution in [2.45, 2.75) is 31.7 Å². The molecule has 1 aliphatic rings. The highest BCUT2D eigenvalue weighted by molar-refractivity contribution is 7.18.